The molecule has 0 bridgehead atoms. The van der Waals surface area contributed by atoms with Crippen LogP contribution in [0, 0.1) is 24.5 Å². The number of aromatic nitrogens is 3. The molecular formula is C23H21F5N4O4. The van der Waals surface area contributed by atoms with Crippen molar-refractivity contribution in [1.29, 1.82) is 0 Å². The molecule has 1 aliphatic rings. The molecule has 1 N–H and O–H groups in total. The zero-order chi connectivity index (χ0) is 26.4. The predicted molar refractivity (Wildman–Crippen MR) is 115 cm³/mol. The number of rotatable bonds is 5. The van der Waals surface area contributed by atoms with Gasteiger partial charge in [0.15, 0.2) is 23.0 Å². The lowest BCUT2D eigenvalue weighted by Crippen LogP contribution is -2.47. The average Bonchev–Trinajstić information content (AvgIpc) is 3.37. The van der Waals surface area contributed by atoms with Gasteiger partial charge in [-0.1, -0.05) is 18.1 Å². The number of nitrogens with zero attached hydrogens (tertiary/aromatic N) is 3. The largest absolute Gasteiger partial charge is 0.493 e. The van der Waals surface area contributed by atoms with Gasteiger partial charge in [0.05, 0.1) is 19.0 Å². The molecule has 8 nitrogen and oxygen atoms in total. The highest BCUT2D eigenvalue weighted by Crippen LogP contribution is 2.55. The van der Waals surface area contributed by atoms with E-state index in [1.807, 2.05) is 0 Å². The Hall–Kier alpha value is -3.61. The Morgan fingerprint density at radius 3 is 2.47 bits per heavy atom. The third-order valence-electron chi connectivity index (χ3n) is 6.35. The maximum atomic E-state index is 14.4. The molecule has 1 aliphatic heterocycles. The van der Waals surface area contributed by atoms with Gasteiger partial charge >= 0.3 is 6.18 Å². The zero-order valence-electron chi connectivity index (χ0n) is 19.5. The van der Waals surface area contributed by atoms with Crippen LogP contribution in [0.4, 0.5) is 27.6 Å². The number of nitrogens with one attached hydrogen (secondary N) is 1. The Bertz CT molecular complexity index is 1280. The van der Waals surface area contributed by atoms with Crippen LogP contribution in [-0.4, -0.2) is 46.0 Å². The van der Waals surface area contributed by atoms with Gasteiger partial charge in [0, 0.05) is 17.4 Å². The Balaban J connectivity index is 1.68. The van der Waals surface area contributed by atoms with Gasteiger partial charge < -0.3 is 19.3 Å². The van der Waals surface area contributed by atoms with Crippen molar-refractivity contribution in [3.63, 3.8) is 0 Å². The van der Waals surface area contributed by atoms with Crippen LogP contribution in [0.5, 0.6) is 5.75 Å². The molecule has 3 heterocycles. The maximum absolute atomic E-state index is 14.4. The van der Waals surface area contributed by atoms with Crippen LogP contribution in [0.25, 0.3) is 11.6 Å². The smallest absolute Gasteiger partial charge is 0.417 e. The number of halogens is 5. The number of anilines is 1. The van der Waals surface area contributed by atoms with Gasteiger partial charge in [-0.25, -0.2) is 9.37 Å². The maximum Gasteiger partial charge on any atom is 0.417 e. The van der Waals surface area contributed by atoms with Crippen molar-refractivity contribution < 1.29 is 40.7 Å². The molecule has 1 amide bonds. The van der Waals surface area contributed by atoms with Crippen LogP contribution in [0.15, 0.2) is 35.0 Å². The van der Waals surface area contributed by atoms with Crippen molar-refractivity contribution in [2.75, 3.05) is 12.4 Å². The van der Waals surface area contributed by atoms with E-state index >= 15 is 0 Å². The minimum atomic E-state index is -4.86. The van der Waals surface area contributed by atoms with Gasteiger partial charge in [-0.2, -0.15) is 22.5 Å². The quantitative estimate of drug-likeness (QED) is 0.490. The van der Waals surface area contributed by atoms with Crippen molar-refractivity contribution in [2.24, 2.45) is 5.92 Å². The van der Waals surface area contributed by atoms with E-state index in [1.165, 1.54) is 25.3 Å². The van der Waals surface area contributed by atoms with Gasteiger partial charge in [0.2, 0.25) is 5.82 Å². The SMILES string of the molecule is COc1c([C@H]2[C@H](C(=O)Nc3ccc(-c4nc(C)no4)nc3)O[C@@](C)(C(F)(F)F)[C@H]2C)ccc(F)c1F. The van der Waals surface area contributed by atoms with E-state index in [9.17, 15) is 26.7 Å². The van der Waals surface area contributed by atoms with Crippen molar-refractivity contribution in [2.45, 2.75) is 44.6 Å². The summed E-state index contributed by atoms with van der Waals surface area (Å²) >= 11 is 0. The summed E-state index contributed by atoms with van der Waals surface area (Å²) in [6.45, 7) is 3.67. The highest BCUT2D eigenvalue weighted by Gasteiger charge is 2.65. The fourth-order valence-electron chi connectivity index (χ4n) is 4.25. The summed E-state index contributed by atoms with van der Waals surface area (Å²) in [4.78, 5) is 21.3. The Labute approximate surface area is 201 Å². The second kappa shape index (κ2) is 9.12. The van der Waals surface area contributed by atoms with E-state index in [0.717, 1.165) is 26.2 Å². The summed E-state index contributed by atoms with van der Waals surface area (Å²) in [5.74, 6) is -6.31. The molecule has 0 saturated carbocycles. The second-order valence-electron chi connectivity index (χ2n) is 8.51. The number of aryl methyl sites for hydroxylation is 1. The number of hydrogen-bond donors (Lipinski definition) is 1. The molecule has 0 radical (unpaired) electrons. The molecule has 0 aliphatic carbocycles. The van der Waals surface area contributed by atoms with E-state index in [2.05, 4.69) is 20.4 Å². The summed E-state index contributed by atoms with van der Waals surface area (Å²) in [5, 5.41) is 6.13. The van der Waals surface area contributed by atoms with Gasteiger partial charge in [0.25, 0.3) is 11.8 Å². The molecular weight excluding hydrogens is 491 g/mol. The molecule has 2 aromatic heterocycles. The lowest BCUT2D eigenvalue weighted by atomic mass is 9.77. The summed E-state index contributed by atoms with van der Waals surface area (Å²) in [5.41, 5.74) is -2.42. The van der Waals surface area contributed by atoms with Crippen LogP contribution < -0.4 is 10.1 Å². The first-order valence-electron chi connectivity index (χ1n) is 10.7. The van der Waals surface area contributed by atoms with E-state index in [4.69, 9.17) is 14.0 Å². The first-order valence-corrected chi connectivity index (χ1v) is 10.7. The van der Waals surface area contributed by atoms with E-state index in [0.29, 0.717) is 11.5 Å². The van der Waals surface area contributed by atoms with Gasteiger partial charge in [-0.3, -0.25) is 4.79 Å². The number of carbonyl (C=O) groups excluding carboxylic acids is 1. The minimum Gasteiger partial charge on any atom is -0.493 e. The highest BCUT2D eigenvalue weighted by molar-refractivity contribution is 5.95. The Kier molecular flexibility index (Phi) is 6.45. The first kappa shape index (κ1) is 25.5. The fourth-order valence-corrected chi connectivity index (χ4v) is 4.25. The van der Waals surface area contributed by atoms with Crippen molar-refractivity contribution in [3.05, 3.63) is 53.5 Å². The van der Waals surface area contributed by atoms with E-state index in [-0.39, 0.29) is 17.1 Å². The third-order valence-corrected chi connectivity index (χ3v) is 6.35. The van der Waals surface area contributed by atoms with E-state index in [1.54, 1.807) is 6.92 Å². The predicted octanol–water partition coefficient (Wildman–Crippen LogP) is 4.81. The van der Waals surface area contributed by atoms with Crippen LogP contribution in [0.3, 0.4) is 0 Å². The molecule has 1 aromatic carbocycles. The molecule has 1 fully saturated rings. The molecule has 0 spiro atoms. The van der Waals surface area contributed by atoms with Crippen molar-refractivity contribution in [1.82, 2.24) is 15.1 Å². The third kappa shape index (κ3) is 4.27. The van der Waals surface area contributed by atoms with Gasteiger partial charge in [-0.05, 0) is 32.0 Å². The Morgan fingerprint density at radius 1 is 1.19 bits per heavy atom. The number of ether oxygens (including phenoxy) is 2. The molecule has 13 heteroatoms. The van der Waals surface area contributed by atoms with Crippen LogP contribution in [-0.2, 0) is 9.53 Å². The highest BCUT2D eigenvalue weighted by atomic mass is 19.4. The summed E-state index contributed by atoms with van der Waals surface area (Å²) in [6, 6.07) is 4.76. The summed E-state index contributed by atoms with van der Waals surface area (Å²) in [6.07, 6.45) is -5.33. The lowest BCUT2D eigenvalue weighted by molar-refractivity contribution is -0.272. The minimum absolute atomic E-state index is 0.128. The molecule has 3 aromatic rings. The number of benzene rings is 1. The zero-order valence-corrected chi connectivity index (χ0v) is 19.5. The number of carbonyl (C=O) groups is 1. The van der Waals surface area contributed by atoms with Crippen LogP contribution >= 0.6 is 0 Å². The Morgan fingerprint density at radius 2 is 1.92 bits per heavy atom. The first-order chi connectivity index (χ1) is 16.9. The normalized spacial score (nSPS) is 24.1. The standard InChI is InChI=1S/C23H21F5N4O4/c1-10-16(13-6-7-14(24)17(25)18(13)34-4)19(35-22(10,3)23(26,27)28)20(33)31-12-5-8-15(29-9-12)21-30-11(2)32-36-21/h5-10,16,19H,1-4H3,(H,31,33)/t10-,16-,19+,22+/m0/s1. The topological polar surface area (TPSA) is 99.4 Å². The molecule has 4 atom stereocenters. The van der Waals surface area contributed by atoms with Gasteiger partial charge in [-0.15, -0.1) is 0 Å². The molecule has 192 valence electrons. The van der Waals surface area contributed by atoms with Crippen LogP contribution in [0.1, 0.15) is 31.2 Å². The van der Waals surface area contributed by atoms with Crippen molar-refractivity contribution in [3.8, 4) is 17.3 Å². The average molecular weight is 512 g/mol. The number of alkyl halides is 3. The molecule has 0 unspecified atom stereocenters. The molecule has 36 heavy (non-hydrogen) atoms. The summed E-state index contributed by atoms with van der Waals surface area (Å²) < 4.78 is 85.6. The molecule has 4 rings (SSSR count). The van der Waals surface area contributed by atoms with Crippen molar-refractivity contribution >= 4 is 11.6 Å². The number of pyridine rings is 1. The lowest BCUT2D eigenvalue weighted by Gasteiger charge is -2.32. The van der Waals surface area contributed by atoms with Gasteiger partial charge in [0.1, 0.15) is 11.8 Å². The van der Waals surface area contributed by atoms with E-state index < -0.39 is 53.0 Å². The number of hydrogen-bond acceptors (Lipinski definition) is 7. The molecule has 1 saturated heterocycles. The number of methoxy groups -OCH3 is 1. The monoisotopic (exact) mass is 512 g/mol. The summed E-state index contributed by atoms with van der Waals surface area (Å²) in [7, 11) is 1.05. The second-order valence-corrected chi connectivity index (χ2v) is 8.51. The number of amides is 1. The van der Waals surface area contributed by atoms with Crippen LogP contribution in [0.2, 0.25) is 0 Å². The fraction of sp³-hybridized carbons (Fsp3) is 0.391.